The Morgan fingerprint density at radius 2 is 1.78 bits per heavy atom. The highest BCUT2D eigenvalue weighted by Crippen LogP contribution is 2.24. The maximum atomic E-state index is 12.7. The van der Waals surface area contributed by atoms with Gasteiger partial charge in [0.05, 0.1) is 7.11 Å². The lowest BCUT2D eigenvalue weighted by atomic mass is 10.0. The van der Waals surface area contributed by atoms with E-state index in [0.29, 0.717) is 23.6 Å². The second-order valence-electron chi connectivity index (χ2n) is 6.24. The van der Waals surface area contributed by atoms with E-state index in [1.165, 1.54) is 11.8 Å². The Morgan fingerprint density at radius 1 is 1.04 bits per heavy atom. The van der Waals surface area contributed by atoms with Crippen LogP contribution >= 0.6 is 11.6 Å². The molecule has 0 bridgehead atoms. The van der Waals surface area contributed by atoms with E-state index >= 15 is 0 Å². The van der Waals surface area contributed by atoms with Gasteiger partial charge in [-0.3, -0.25) is 14.5 Å². The van der Waals surface area contributed by atoms with Crippen LogP contribution in [0.5, 0.6) is 5.75 Å². The number of imide groups is 1. The molecule has 0 atom stereocenters. The number of carbonyl (C=O) groups is 2. The second kappa shape index (κ2) is 8.23. The Hall–Kier alpha value is -2.85. The first-order valence-electron chi connectivity index (χ1n) is 8.63. The van der Waals surface area contributed by atoms with Crippen LogP contribution in [-0.2, 0) is 11.2 Å². The molecular formula is C22H20ClNO3. The zero-order valence-electron chi connectivity index (χ0n) is 15.2. The lowest BCUT2D eigenvalue weighted by Gasteiger charge is -2.20. The summed E-state index contributed by atoms with van der Waals surface area (Å²) in [4.78, 5) is 26.1. The van der Waals surface area contributed by atoms with Gasteiger partial charge in [-0.1, -0.05) is 35.9 Å². The first kappa shape index (κ1) is 18.9. The Kier molecular flexibility index (Phi) is 5.77. The van der Waals surface area contributed by atoms with Gasteiger partial charge in [0.2, 0.25) is 5.91 Å². The molecule has 0 unspecified atom stereocenters. The van der Waals surface area contributed by atoms with Crippen molar-refractivity contribution in [2.24, 2.45) is 0 Å². The molecule has 0 N–H and O–H groups in total. The monoisotopic (exact) mass is 381 g/mol. The van der Waals surface area contributed by atoms with Gasteiger partial charge in [-0.25, -0.2) is 0 Å². The Labute approximate surface area is 163 Å². The van der Waals surface area contributed by atoms with E-state index in [1.807, 2.05) is 36.4 Å². The third-order valence-corrected chi connectivity index (χ3v) is 4.75. The summed E-state index contributed by atoms with van der Waals surface area (Å²) in [7, 11) is 1.63. The number of rotatable bonds is 5. The molecule has 0 aliphatic rings. The predicted molar refractivity (Wildman–Crippen MR) is 107 cm³/mol. The number of hydrogen-bond donors (Lipinski definition) is 0. The number of nitrogens with zero attached hydrogens (tertiary/aromatic N) is 1. The van der Waals surface area contributed by atoms with Crippen LogP contribution in [0.15, 0.2) is 60.7 Å². The molecule has 0 saturated carbocycles. The van der Waals surface area contributed by atoms with Crippen LogP contribution in [0.2, 0.25) is 5.02 Å². The van der Waals surface area contributed by atoms with Crippen LogP contribution in [0.25, 0.3) is 10.8 Å². The van der Waals surface area contributed by atoms with E-state index in [4.69, 9.17) is 16.3 Å². The minimum atomic E-state index is -0.322. The van der Waals surface area contributed by atoms with E-state index in [1.54, 1.807) is 31.4 Å². The second-order valence-corrected chi connectivity index (χ2v) is 6.67. The van der Waals surface area contributed by atoms with Crippen LogP contribution in [0, 0.1) is 0 Å². The fraction of sp³-hybridized carbons (Fsp3) is 0.182. The molecule has 0 saturated heterocycles. The maximum absolute atomic E-state index is 12.7. The smallest absolute Gasteiger partial charge is 0.260 e. The molecule has 3 rings (SSSR count). The molecule has 138 valence electrons. The topological polar surface area (TPSA) is 46.6 Å². The van der Waals surface area contributed by atoms with E-state index in [-0.39, 0.29) is 11.8 Å². The van der Waals surface area contributed by atoms with Crippen molar-refractivity contribution in [2.75, 3.05) is 13.7 Å². The van der Waals surface area contributed by atoms with Crippen LogP contribution < -0.4 is 4.74 Å². The average Bonchev–Trinajstić information content (AvgIpc) is 2.68. The Bertz CT molecular complexity index is 983. The normalized spacial score (nSPS) is 10.6. The van der Waals surface area contributed by atoms with Gasteiger partial charge >= 0.3 is 0 Å². The van der Waals surface area contributed by atoms with E-state index < -0.39 is 0 Å². The quantitative estimate of drug-likeness (QED) is 0.641. The molecule has 3 aromatic carbocycles. The third-order valence-electron chi connectivity index (χ3n) is 4.50. The van der Waals surface area contributed by atoms with Gasteiger partial charge in [0.25, 0.3) is 5.91 Å². The highest BCUT2D eigenvalue weighted by Gasteiger charge is 2.20. The fourth-order valence-electron chi connectivity index (χ4n) is 3.04. The minimum absolute atomic E-state index is 0.284. The van der Waals surface area contributed by atoms with E-state index in [9.17, 15) is 9.59 Å². The zero-order valence-corrected chi connectivity index (χ0v) is 16.0. The lowest BCUT2D eigenvalue weighted by Crippen LogP contribution is -2.36. The molecule has 0 radical (unpaired) electrons. The molecule has 0 aliphatic heterocycles. The molecule has 4 nitrogen and oxygen atoms in total. The number of carbonyl (C=O) groups excluding carboxylic acids is 2. The number of hydrogen-bond acceptors (Lipinski definition) is 3. The van der Waals surface area contributed by atoms with E-state index in [0.717, 1.165) is 22.1 Å². The van der Waals surface area contributed by atoms with Crippen molar-refractivity contribution in [3.05, 3.63) is 76.8 Å². The van der Waals surface area contributed by atoms with Crippen molar-refractivity contribution in [1.82, 2.24) is 4.90 Å². The number of methoxy groups -OCH3 is 1. The number of benzene rings is 3. The largest absolute Gasteiger partial charge is 0.497 e. The standard InChI is InChI=1S/C22H20ClNO3/c1-15(25)24(22(26)18-6-9-19(23)10-7-18)13-12-17-5-3-4-16-8-11-20(27-2)14-21(16)17/h3-11,14H,12-13H2,1-2H3. The van der Waals surface area contributed by atoms with E-state index in [2.05, 4.69) is 0 Å². The van der Waals surface area contributed by atoms with Gasteiger partial charge in [0.1, 0.15) is 5.75 Å². The fourth-order valence-corrected chi connectivity index (χ4v) is 3.17. The van der Waals surface area contributed by atoms with Gasteiger partial charge in [-0.05, 0) is 59.2 Å². The van der Waals surface area contributed by atoms with Gasteiger partial charge < -0.3 is 4.74 Å². The lowest BCUT2D eigenvalue weighted by molar-refractivity contribution is -0.126. The van der Waals surface area contributed by atoms with Crippen LogP contribution in [0.3, 0.4) is 0 Å². The van der Waals surface area contributed by atoms with Crippen molar-refractivity contribution < 1.29 is 14.3 Å². The summed E-state index contributed by atoms with van der Waals surface area (Å²) in [5, 5.41) is 2.69. The van der Waals surface area contributed by atoms with Crippen LogP contribution in [-0.4, -0.2) is 30.4 Å². The SMILES string of the molecule is COc1ccc2cccc(CCN(C(C)=O)C(=O)c3ccc(Cl)cc3)c2c1. The zero-order chi connectivity index (χ0) is 19.4. The van der Waals surface area contributed by atoms with Gasteiger partial charge in [-0.15, -0.1) is 0 Å². The summed E-state index contributed by atoms with van der Waals surface area (Å²) < 4.78 is 5.32. The van der Waals surface area contributed by atoms with Crippen molar-refractivity contribution in [2.45, 2.75) is 13.3 Å². The Balaban J connectivity index is 1.84. The molecule has 0 fully saturated rings. The summed E-state index contributed by atoms with van der Waals surface area (Å²) in [6, 6.07) is 18.4. The number of amides is 2. The Morgan fingerprint density at radius 3 is 2.44 bits per heavy atom. The van der Waals surface area contributed by atoms with Gasteiger partial charge in [0, 0.05) is 24.1 Å². The molecule has 0 aromatic heterocycles. The summed E-state index contributed by atoms with van der Waals surface area (Å²) in [6.45, 7) is 1.70. The van der Waals surface area contributed by atoms with Crippen molar-refractivity contribution in [1.29, 1.82) is 0 Å². The summed E-state index contributed by atoms with van der Waals surface area (Å²) in [5.74, 6) is 0.167. The van der Waals surface area contributed by atoms with Gasteiger partial charge in [0.15, 0.2) is 0 Å². The average molecular weight is 382 g/mol. The third kappa shape index (κ3) is 4.29. The first-order valence-corrected chi connectivity index (χ1v) is 9.01. The summed E-state index contributed by atoms with van der Waals surface area (Å²) in [5.41, 5.74) is 1.50. The first-order chi connectivity index (χ1) is 13.0. The molecule has 0 spiro atoms. The van der Waals surface area contributed by atoms with Crippen molar-refractivity contribution in [3.8, 4) is 5.75 Å². The van der Waals surface area contributed by atoms with Crippen molar-refractivity contribution >= 4 is 34.2 Å². The summed E-state index contributed by atoms with van der Waals surface area (Å²) in [6.07, 6.45) is 0.559. The van der Waals surface area contributed by atoms with Crippen molar-refractivity contribution in [3.63, 3.8) is 0 Å². The summed E-state index contributed by atoms with van der Waals surface area (Å²) >= 11 is 5.88. The minimum Gasteiger partial charge on any atom is -0.497 e. The molecular weight excluding hydrogens is 362 g/mol. The molecule has 3 aromatic rings. The number of fused-ring (bicyclic) bond motifs is 1. The van der Waals surface area contributed by atoms with Crippen LogP contribution in [0.4, 0.5) is 0 Å². The number of halogens is 1. The highest BCUT2D eigenvalue weighted by atomic mass is 35.5. The predicted octanol–water partition coefficient (Wildman–Crippen LogP) is 4.73. The molecule has 0 heterocycles. The van der Waals surface area contributed by atoms with Gasteiger partial charge in [-0.2, -0.15) is 0 Å². The molecule has 5 heteroatoms. The molecule has 27 heavy (non-hydrogen) atoms. The number of ether oxygens (including phenoxy) is 1. The molecule has 2 amide bonds. The van der Waals surface area contributed by atoms with Crippen LogP contribution in [0.1, 0.15) is 22.8 Å². The highest BCUT2D eigenvalue weighted by molar-refractivity contribution is 6.30. The maximum Gasteiger partial charge on any atom is 0.260 e. The molecule has 0 aliphatic carbocycles.